The van der Waals surface area contributed by atoms with Gasteiger partial charge in [-0.1, -0.05) is 0 Å². The molecule has 0 saturated carbocycles. The summed E-state index contributed by atoms with van der Waals surface area (Å²) in [6, 6.07) is 4.28. The Morgan fingerprint density at radius 3 is 1.62 bits per heavy atom. The molecule has 2 heteroatoms. The van der Waals surface area contributed by atoms with Gasteiger partial charge in [0.1, 0.15) is 0 Å². The molecule has 1 rings (SSSR count). The Balaban J connectivity index is 0.000000490. The normalized spacial score (nSPS) is 8.25. The monoisotopic (exact) mass is 146 g/mol. The molecular formula is C6H10S2. The van der Waals surface area contributed by atoms with E-state index in [1.54, 1.807) is 0 Å². The minimum Gasteiger partial charge on any atom is -0.197 e. The molecule has 0 bridgehead atoms. The van der Waals surface area contributed by atoms with Gasteiger partial charge in [-0.15, -0.1) is 11.3 Å². The largest absolute Gasteiger partial charge is 0.197 e. The summed E-state index contributed by atoms with van der Waals surface area (Å²) in [7, 11) is 0. The van der Waals surface area contributed by atoms with Gasteiger partial charge in [0.2, 0.25) is 0 Å². The maximum Gasteiger partial charge on any atom is 0.00170 e. The van der Waals surface area contributed by atoms with Crippen molar-refractivity contribution in [3.05, 3.63) is 21.9 Å². The molecule has 46 valence electrons. The first-order chi connectivity index (χ1) is 3.29. The quantitative estimate of drug-likeness (QED) is 0.527. The van der Waals surface area contributed by atoms with Crippen molar-refractivity contribution in [1.29, 1.82) is 0 Å². The molecule has 0 aliphatic carbocycles. The molecule has 8 heavy (non-hydrogen) atoms. The molecule has 1 aromatic heterocycles. The zero-order chi connectivity index (χ0) is 5.28. The molecular weight excluding hydrogens is 136 g/mol. The van der Waals surface area contributed by atoms with E-state index in [9.17, 15) is 0 Å². The van der Waals surface area contributed by atoms with E-state index < -0.39 is 0 Å². The summed E-state index contributed by atoms with van der Waals surface area (Å²) in [6.07, 6.45) is 0. The maximum absolute atomic E-state index is 2.14. The van der Waals surface area contributed by atoms with Crippen LogP contribution in [0.4, 0.5) is 0 Å². The number of hydrogen-bond acceptors (Lipinski definition) is 1. The molecule has 0 aliphatic heterocycles. The van der Waals surface area contributed by atoms with Crippen molar-refractivity contribution < 1.29 is 0 Å². The highest BCUT2D eigenvalue weighted by Crippen LogP contribution is 2.11. The van der Waals surface area contributed by atoms with Crippen LogP contribution in [0.1, 0.15) is 9.75 Å². The van der Waals surface area contributed by atoms with Crippen molar-refractivity contribution in [2.45, 2.75) is 13.8 Å². The van der Waals surface area contributed by atoms with E-state index in [0.717, 1.165) is 0 Å². The second kappa shape index (κ2) is 3.15. The van der Waals surface area contributed by atoms with Crippen molar-refractivity contribution in [2.24, 2.45) is 0 Å². The van der Waals surface area contributed by atoms with Gasteiger partial charge < -0.3 is 0 Å². The first kappa shape index (κ1) is 8.05. The van der Waals surface area contributed by atoms with E-state index in [-0.39, 0.29) is 13.5 Å². The van der Waals surface area contributed by atoms with E-state index in [4.69, 9.17) is 0 Å². The van der Waals surface area contributed by atoms with Crippen molar-refractivity contribution in [2.75, 3.05) is 0 Å². The van der Waals surface area contributed by atoms with Gasteiger partial charge in [-0.25, -0.2) is 0 Å². The van der Waals surface area contributed by atoms with Crippen LogP contribution >= 0.6 is 24.8 Å². The van der Waals surface area contributed by atoms with Gasteiger partial charge in [0.15, 0.2) is 0 Å². The molecule has 0 spiro atoms. The highest BCUT2D eigenvalue weighted by molar-refractivity contribution is 7.59. The minimum absolute atomic E-state index is 0. The number of hydrogen-bond donors (Lipinski definition) is 0. The first-order valence-electron chi connectivity index (χ1n) is 2.32. The zero-order valence-corrected chi connectivity index (χ0v) is 6.88. The Morgan fingerprint density at radius 2 is 1.50 bits per heavy atom. The summed E-state index contributed by atoms with van der Waals surface area (Å²) in [6.45, 7) is 4.25. The predicted octanol–water partition coefficient (Wildman–Crippen LogP) is 2.48. The highest BCUT2D eigenvalue weighted by atomic mass is 32.1. The molecule has 0 aliphatic rings. The summed E-state index contributed by atoms with van der Waals surface area (Å²) in [5, 5.41) is 0. The molecule has 0 atom stereocenters. The standard InChI is InChI=1S/C6H8S.H2S/c1-5-3-4-6(2)7-5;/h3-4H,1-2H3;1H2. The Kier molecular flexibility index (Phi) is 3.17. The van der Waals surface area contributed by atoms with E-state index in [0.29, 0.717) is 0 Å². The first-order valence-corrected chi connectivity index (χ1v) is 3.14. The third kappa shape index (κ3) is 1.88. The van der Waals surface area contributed by atoms with Gasteiger partial charge in [-0.2, -0.15) is 13.5 Å². The summed E-state index contributed by atoms with van der Waals surface area (Å²) in [5.41, 5.74) is 0. The molecule has 0 fully saturated rings. The minimum atomic E-state index is 0. The lowest BCUT2D eigenvalue weighted by Gasteiger charge is -1.71. The number of thiophene rings is 1. The van der Waals surface area contributed by atoms with Crippen LogP contribution in [0.5, 0.6) is 0 Å². The number of aryl methyl sites for hydroxylation is 2. The van der Waals surface area contributed by atoms with Crippen molar-refractivity contribution >= 4 is 24.8 Å². The summed E-state index contributed by atoms with van der Waals surface area (Å²) < 4.78 is 0. The molecule has 0 aromatic carbocycles. The molecule has 0 amide bonds. The SMILES string of the molecule is Cc1ccc(C)s1.S. The fraction of sp³-hybridized carbons (Fsp3) is 0.333. The Labute approximate surface area is 61.0 Å². The fourth-order valence-electron chi connectivity index (χ4n) is 0.557. The van der Waals surface area contributed by atoms with Gasteiger partial charge in [-0.3, -0.25) is 0 Å². The molecule has 1 heterocycles. The van der Waals surface area contributed by atoms with Crippen molar-refractivity contribution in [1.82, 2.24) is 0 Å². The lowest BCUT2D eigenvalue weighted by Crippen LogP contribution is -1.44. The summed E-state index contributed by atoms with van der Waals surface area (Å²) in [4.78, 5) is 2.80. The van der Waals surface area contributed by atoms with E-state index in [2.05, 4.69) is 26.0 Å². The fourth-order valence-corrected chi connectivity index (χ4v) is 1.34. The van der Waals surface area contributed by atoms with Crippen LogP contribution in [0, 0.1) is 13.8 Å². The van der Waals surface area contributed by atoms with E-state index in [1.165, 1.54) is 9.75 Å². The lowest BCUT2D eigenvalue weighted by molar-refractivity contribution is 1.61. The predicted molar refractivity (Wildman–Crippen MR) is 44.2 cm³/mol. The van der Waals surface area contributed by atoms with E-state index in [1.807, 2.05) is 11.3 Å². The van der Waals surface area contributed by atoms with Gasteiger partial charge in [0, 0.05) is 9.75 Å². The smallest absolute Gasteiger partial charge is 0.00170 e. The molecule has 0 saturated heterocycles. The summed E-state index contributed by atoms with van der Waals surface area (Å²) >= 11 is 1.84. The van der Waals surface area contributed by atoms with Gasteiger partial charge in [-0.05, 0) is 26.0 Å². The zero-order valence-electron chi connectivity index (χ0n) is 5.06. The van der Waals surface area contributed by atoms with Crippen LogP contribution in [0.25, 0.3) is 0 Å². The third-order valence-corrected chi connectivity index (χ3v) is 1.79. The van der Waals surface area contributed by atoms with Gasteiger partial charge in [0.05, 0.1) is 0 Å². The summed E-state index contributed by atoms with van der Waals surface area (Å²) in [5.74, 6) is 0. The average molecular weight is 146 g/mol. The van der Waals surface area contributed by atoms with Crippen LogP contribution in [0.2, 0.25) is 0 Å². The topological polar surface area (TPSA) is 0 Å². The number of rotatable bonds is 0. The van der Waals surface area contributed by atoms with Gasteiger partial charge in [0.25, 0.3) is 0 Å². The van der Waals surface area contributed by atoms with Crippen molar-refractivity contribution in [3.8, 4) is 0 Å². The van der Waals surface area contributed by atoms with Crippen LogP contribution in [-0.2, 0) is 0 Å². The third-order valence-electron chi connectivity index (χ3n) is 0.875. The second-order valence-electron chi connectivity index (χ2n) is 1.66. The highest BCUT2D eigenvalue weighted by Gasteiger charge is 1.84. The Hall–Kier alpha value is 0.0500. The van der Waals surface area contributed by atoms with Crippen LogP contribution in [0.15, 0.2) is 12.1 Å². The molecule has 0 N–H and O–H groups in total. The maximum atomic E-state index is 2.14. The van der Waals surface area contributed by atoms with Gasteiger partial charge >= 0.3 is 0 Å². The van der Waals surface area contributed by atoms with Crippen molar-refractivity contribution in [3.63, 3.8) is 0 Å². The van der Waals surface area contributed by atoms with Crippen LogP contribution in [0.3, 0.4) is 0 Å². The Morgan fingerprint density at radius 1 is 1.12 bits per heavy atom. The molecule has 0 unspecified atom stereocenters. The molecule has 1 aromatic rings. The second-order valence-corrected chi connectivity index (χ2v) is 3.15. The van der Waals surface area contributed by atoms with Crippen LogP contribution < -0.4 is 0 Å². The van der Waals surface area contributed by atoms with Crippen LogP contribution in [-0.4, -0.2) is 0 Å². The molecule has 0 radical (unpaired) electrons. The Bertz CT molecular complexity index is 139. The van der Waals surface area contributed by atoms with E-state index >= 15 is 0 Å². The average Bonchev–Trinajstić information content (AvgIpc) is 1.87. The lowest BCUT2D eigenvalue weighted by atomic mass is 10.5. The molecule has 0 nitrogen and oxygen atoms in total.